The second-order valence-electron chi connectivity index (χ2n) is 18.7. The fourth-order valence-electron chi connectivity index (χ4n) is 13.7. The highest BCUT2D eigenvalue weighted by atomic mass is 16.6. The Balaban J connectivity index is 1.38. The number of hydrogen-bond donors (Lipinski definition) is 2. The van der Waals surface area contributed by atoms with Gasteiger partial charge in [0.2, 0.25) is 5.60 Å². The Hall–Kier alpha value is -3.90. The van der Waals surface area contributed by atoms with E-state index in [9.17, 15) is 9.90 Å². The van der Waals surface area contributed by atoms with E-state index in [0.29, 0.717) is 30.9 Å². The van der Waals surface area contributed by atoms with Crippen LogP contribution in [0.15, 0.2) is 48.6 Å². The Kier molecular flexibility index (Phi) is 8.84. The highest BCUT2D eigenvalue weighted by Gasteiger charge is 2.79. The number of anilines is 1. The molecule has 1 aromatic heterocycles. The van der Waals surface area contributed by atoms with Crippen LogP contribution in [0.2, 0.25) is 0 Å². The molecule has 3 fully saturated rings. The zero-order valence-electron chi connectivity index (χ0n) is 35.1. The average molecular weight is 781 g/mol. The molecule has 6 aliphatic rings. The lowest BCUT2D eigenvalue weighted by Crippen LogP contribution is -2.81. The number of aromatic amines is 1. The van der Waals surface area contributed by atoms with Crippen LogP contribution in [0, 0.1) is 22.7 Å². The lowest BCUT2D eigenvalue weighted by Gasteiger charge is -2.63. The first-order valence-electron chi connectivity index (χ1n) is 20.9. The van der Waals surface area contributed by atoms with Gasteiger partial charge in [0.1, 0.15) is 17.3 Å². The molecule has 57 heavy (non-hydrogen) atoms. The highest BCUT2D eigenvalue weighted by molar-refractivity contribution is 5.95. The van der Waals surface area contributed by atoms with Crippen LogP contribution in [0.5, 0.6) is 5.75 Å². The number of nitrogens with one attached hydrogen (secondary N) is 1. The number of carbonyl (C=O) groups is 2. The molecule has 11 nitrogen and oxygen atoms in total. The predicted octanol–water partition coefficient (Wildman–Crippen LogP) is 5.21. The van der Waals surface area contributed by atoms with Crippen LogP contribution in [-0.4, -0.2) is 124 Å². The van der Waals surface area contributed by atoms with E-state index in [2.05, 4.69) is 83.8 Å². The lowest BCUT2D eigenvalue weighted by molar-refractivity contribution is -0.225. The summed E-state index contributed by atoms with van der Waals surface area (Å²) < 4.78 is 24.3. The summed E-state index contributed by atoms with van der Waals surface area (Å²) in [5, 5.41) is 14.4. The molecule has 0 amide bonds. The second-order valence-corrected chi connectivity index (χ2v) is 18.7. The number of rotatable bonds is 6. The minimum absolute atomic E-state index is 0.0193. The summed E-state index contributed by atoms with van der Waals surface area (Å²) in [4.78, 5) is 40.7. The highest BCUT2D eigenvalue weighted by Crippen LogP contribution is 2.68. The smallest absolute Gasteiger partial charge is 0.342 e. The van der Waals surface area contributed by atoms with Crippen LogP contribution in [0.4, 0.5) is 5.69 Å². The summed E-state index contributed by atoms with van der Waals surface area (Å²) in [6.45, 7) is 13.5. The van der Waals surface area contributed by atoms with Gasteiger partial charge < -0.3 is 38.8 Å². The van der Waals surface area contributed by atoms with Crippen LogP contribution < -0.4 is 9.64 Å². The molecule has 1 aliphatic carbocycles. The molecule has 9 unspecified atom stereocenters. The molecule has 1 saturated carbocycles. The molecule has 1 spiro atoms. The first-order chi connectivity index (χ1) is 27.2. The predicted molar refractivity (Wildman–Crippen MR) is 219 cm³/mol. The third-order valence-electron chi connectivity index (χ3n) is 16.2. The molecular formula is C46H60N4O7. The second kappa shape index (κ2) is 13.1. The first kappa shape index (κ1) is 38.6. The summed E-state index contributed by atoms with van der Waals surface area (Å²) in [5.74, 6) is -0.0207. The molecule has 2 N–H and O–H groups in total. The molecule has 3 aromatic rings. The molecule has 5 aliphatic heterocycles. The number of piperidine rings is 1. The maximum Gasteiger partial charge on any atom is 0.342 e. The normalized spacial score (nSPS) is 37.6. The van der Waals surface area contributed by atoms with Crippen molar-refractivity contribution in [3.05, 3.63) is 70.9 Å². The minimum atomic E-state index is -2.04. The number of para-hydroxylation sites is 1. The Morgan fingerprint density at radius 2 is 1.75 bits per heavy atom. The number of carbonyl (C=O) groups excluding carboxylic acids is 2. The Labute approximate surface area is 336 Å². The maximum absolute atomic E-state index is 15.4. The average Bonchev–Trinajstić information content (AvgIpc) is 3.87. The van der Waals surface area contributed by atoms with Crippen molar-refractivity contribution in [1.29, 1.82) is 0 Å². The van der Waals surface area contributed by atoms with Gasteiger partial charge in [-0.05, 0) is 72.7 Å². The molecule has 0 radical (unpaired) electrons. The third kappa shape index (κ3) is 4.74. The van der Waals surface area contributed by atoms with Gasteiger partial charge in [0.05, 0.1) is 27.4 Å². The summed E-state index contributed by atoms with van der Waals surface area (Å²) in [5.41, 5.74) is 0.806. The van der Waals surface area contributed by atoms with Crippen molar-refractivity contribution < 1.29 is 33.6 Å². The van der Waals surface area contributed by atoms with E-state index in [1.807, 2.05) is 19.2 Å². The van der Waals surface area contributed by atoms with Crippen molar-refractivity contribution in [3.63, 3.8) is 0 Å². The molecule has 10 atom stereocenters. The fourth-order valence-corrected chi connectivity index (χ4v) is 13.7. The van der Waals surface area contributed by atoms with Crippen molar-refractivity contribution in [2.24, 2.45) is 22.7 Å². The van der Waals surface area contributed by atoms with Crippen LogP contribution >= 0.6 is 0 Å². The van der Waals surface area contributed by atoms with E-state index < -0.39 is 40.0 Å². The zero-order chi connectivity index (χ0) is 40.4. The first-order valence-corrected chi connectivity index (χ1v) is 20.9. The Morgan fingerprint density at radius 1 is 1.00 bits per heavy atom. The number of esters is 2. The summed E-state index contributed by atoms with van der Waals surface area (Å²) >= 11 is 0. The van der Waals surface area contributed by atoms with Crippen molar-refractivity contribution in [1.82, 2.24) is 14.8 Å². The molecule has 11 heteroatoms. The van der Waals surface area contributed by atoms with Crippen LogP contribution in [0.3, 0.4) is 0 Å². The van der Waals surface area contributed by atoms with Crippen molar-refractivity contribution >= 4 is 28.5 Å². The third-order valence-corrected chi connectivity index (χ3v) is 16.2. The topological polar surface area (TPSA) is 117 Å². The Bertz CT molecular complexity index is 2160. The number of benzene rings is 2. The molecular weight excluding hydrogens is 721 g/mol. The maximum atomic E-state index is 15.4. The van der Waals surface area contributed by atoms with Gasteiger partial charge in [-0.2, -0.15) is 0 Å². The van der Waals surface area contributed by atoms with Crippen molar-refractivity contribution in [2.45, 2.75) is 88.0 Å². The molecule has 2 saturated heterocycles. The largest absolute Gasteiger partial charge is 0.496 e. The zero-order valence-corrected chi connectivity index (χ0v) is 35.1. The number of likely N-dealkylation sites (N-methyl/N-ethyl adjacent to an activating group) is 1. The number of fused-ring (bicyclic) bond motifs is 6. The number of aliphatic hydroxyl groups is 1. The quantitative estimate of drug-likeness (QED) is 0.256. The van der Waals surface area contributed by atoms with E-state index in [1.165, 1.54) is 14.2 Å². The van der Waals surface area contributed by atoms with E-state index >= 15 is 4.79 Å². The minimum Gasteiger partial charge on any atom is -0.496 e. The molecule has 6 heterocycles. The van der Waals surface area contributed by atoms with Crippen LogP contribution in [0.1, 0.15) is 69.3 Å². The molecule has 2 aromatic carbocycles. The van der Waals surface area contributed by atoms with Gasteiger partial charge in [0.25, 0.3) is 0 Å². The van der Waals surface area contributed by atoms with Crippen LogP contribution in [-0.2, 0) is 41.1 Å². The standard InChI is InChI=1S/C46H60N4O7/c1-10-43-17-13-19-50-21-18-44(37(43)50)31-22-32(35(54-6)23-34(31)48(5)38(44)46(53,39(43)55-7)41(52)57-9)45(40(51)56-8)24-28-25-49(26-42(3,4)27(28)2)20-16-30-29-14-11-12-15-33(29)47-36(30)45/h11-15,17,22-23,27-28,37-39,47,53H,10,16,18-21,24-26H2,1-9H3/t27-,28?,37?,38?,39?,43?,44?,45?,46?/m1/s1. The number of hydrogen-bond acceptors (Lipinski definition) is 10. The monoisotopic (exact) mass is 780 g/mol. The van der Waals surface area contributed by atoms with Crippen LogP contribution in [0.25, 0.3) is 10.9 Å². The van der Waals surface area contributed by atoms with Gasteiger partial charge in [-0.1, -0.05) is 58.0 Å². The molecule has 306 valence electrons. The van der Waals surface area contributed by atoms with Gasteiger partial charge in [0.15, 0.2) is 0 Å². The number of nitrogens with zero attached hydrogens (tertiary/aromatic N) is 3. The number of aromatic nitrogens is 1. The summed E-state index contributed by atoms with van der Waals surface area (Å²) in [6, 6.07) is 11.8. The fraction of sp³-hybridized carbons (Fsp3) is 0.609. The van der Waals surface area contributed by atoms with Crippen molar-refractivity contribution in [2.75, 3.05) is 73.1 Å². The number of methoxy groups -OCH3 is 4. The van der Waals surface area contributed by atoms with Gasteiger partial charge in [-0.25, -0.2) is 4.79 Å². The molecule has 9 rings (SSSR count). The number of ether oxygens (including phenoxy) is 4. The van der Waals surface area contributed by atoms with E-state index in [4.69, 9.17) is 18.9 Å². The van der Waals surface area contributed by atoms with Gasteiger partial charge in [-0.3, -0.25) is 9.69 Å². The summed E-state index contributed by atoms with van der Waals surface area (Å²) in [6.07, 6.45) is 6.08. The Morgan fingerprint density at radius 3 is 2.46 bits per heavy atom. The molecule has 2 bridgehead atoms. The summed E-state index contributed by atoms with van der Waals surface area (Å²) in [7, 11) is 8.07. The van der Waals surface area contributed by atoms with E-state index in [1.54, 1.807) is 14.2 Å². The van der Waals surface area contributed by atoms with Gasteiger partial charge >= 0.3 is 11.9 Å². The van der Waals surface area contributed by atoms with E-state index in [0.717, 1.165) is 78.1 Å². The van der Waals surface area contributed by atoms with E-state index in [-0.39, 0.29) is 23.3 Å². The van der Waals surface area contributed by atoms with Gasteiger partial charge in [-0.15, -0.1) is 0 Å². The van der Waals surface area contributed by atoms with Gasteiger partial charge in [0, 0.05) is 91.1 Å². The van der Waals surface area contributed by atoms with Crippen molar-refractivity contribution in [3.8, 4) is 5.75 Å². The number of H-pyrrole nitrogens is 1. The SMILES string of the molecule is CCC12C=CCN3CCC4(c5cc(C6(C(=O)OC)CC7CN(CCc8c6[nH]c6ccccc86)CC(C)(C)[C@@H]7C)c(OC)cc5N(C)C4C(O)(C(=O)OC)C1OC)C32. The lowest BCUT2D eigenvalue weighted by atomic mass is 9.47.